The van der Waals surface area contributed by atoms with Crippen LogP contribution in [-0.4, -0.2) is 59.9 Å². The predicted molar refractivity (Wildman–Crippen MR) is 73.9 cm³/mol. The Morgan fingerprint density at radius 1 is 1.40 bits per heavy atom. The number of hydrogen-bond donors (Lipinski definition) is 2. The molecule has 8 heteroatoms. The van der Waals surface area contributed by atoms with Crippen LogP contribution in [0.4, 0.5) is 0 Å². The van der Waals surface area contributed by atoms with Gasteiger partial charge in [0.05, 0.1) is 11.5 Å². The highest BCUT2D eigenvalue weighted by Gasteiger charge is 2.35. The molecule has 1 rings (SSSR count). The van der Waals surface area contributed by atoms with Gasteiger partial charge in [0, 0.05) is 18.0 Å². The zero-order valence-corrected chi connectivity index (χ0v) is 12.6. The summed E-state index contributed by atoms with van der Waals surface area (Å²) in [6.07, 6.45) is 0.835. The second-order valence-corrected chi connectivity index (χ2v) is 8.19. The van der Waals surface area contributed by atoms with E-state index in [0.717, 1.165) is 0 Å². The maximum atomic E-state index is 12.1. The molecule has 1 aliphatic heterocycles. The maximum Gasteiger partial charge on any atom is 0.323 e. The lowest BCUT2D eigenvalue weighted by Crippen LogP contribution is -2.45. The molecule has 3 N–H and O–H groups in total. The number of rotatable bonds is 6. The molecule has 1 aliphatic rings. The summed E-state index contributed by atoms with van der Waals surface area (Å²) in [7, 11) is -3.16. The number of aliphatic carboxylic acids is 1. The van der Waals surface area contributed by atoms with E-state index in [1.165, 1.54) is 4.90 Å². The molecule has 7 nitrogen and oxygen atoms in total. The van der Waals surface area contributed by atoms with E-state index in [4.69, 9.17) is 10.8 Å². The third-order valence-corrected chi connectivity index (χ3v) is 5.01. The fourth-order valence-corrected chi connectivity index (χ4v) is 3.89. The van der Waals surface area contributed by atoms with E-state index >= 15 is 0 Å². The summed E-state index contributed by atoms with van der Waals surface area (Å²) in [4.78, 5) is 24.2. The number of amides is 1. The molecule has 1 amide bonds. The van der Waals surface area contributed by atoms with Gasteiger partial charge in [-0.15, -0.1) is 0 Å². The Balaban J connectivity index is 2.74. The van der Waals surface area contributed by atoms with Gasteiger partial charge in [-0.1, -0.05) is 0 Å². The van der Waals surface area contributed by atoms with Crippen molar-refractivity contribution in [3.8, 4) is 0 Å². The summed E-state index contributed by atoms with van der Waals surface area (Å²) in [6.45, 7) is 3.09. The van der Waals surface area contributed by atoms with Crippen LogP contribution >= 0.6 is 0 Å². The van der Waals surface area contributed by atoms with Crippen molar-refractivity contribution < 1.29 is 23.1 Å². The first-order valence-electron chi connectivity index (χ1n) is 6.51. The molecular formula is C12H22N2O5S. The molecule has 0 bridgehead atoms. The Morgan fingerprint density at radius 3 is 2.40 bits per heavy atom. The Labute approximate surface area is 119 Å². The minimum Gasteiger partial charge on any atom is -0.480 e. The topological polar surface area (TPSA) is 118 Å². The van der Waals surface area contributed by atoms with Gasteiger partial charge in [-0.25, -0.2) is 8.42 Å². The van der Waals surface area contributed by atoms with Gasteiger partial charge >= 0.3 is 5.97 Å². The van der Waals surface area contributed by atoms with Gasteiger partial charge in [0.25, 0.3) is 0 Å². The number of carbonyl (C=O) groups is 2. The van der Waals surface area contributed by atoms with E-state index in [1.54, 1.807) is 13.8 Å². The van der Waals surface area contributed by atoms with E-state index in [9.17, 15) is 18.0 Å². The number of carboxylic acid groups (broad SMARTS) is 1. The second-order valence-electron chi connectivity index (χ2n) is 5.96. The highest BCUT2D eigenvalue weighted by Crippen LogP contribution is 2.19. The molecule has 1 fully saturated rings. The van der Waals surface area contributed by atoms with Gasteiger partial charge in [-0.05, 0) is 26.7 Å². The first-order valence-corrected chi connectivity index (χ1v) is 8.33. The Kier molecular flexibility index (Phi) is 5.15. The fraction of sp³-hybridized carbons (Fsp3) is 0.833. The van der Waals surface area contributed by atoms with E-state index in [2.05, 4.69) is 0 Å². The summed E-state index contributed by atoms with van der Waals surface area (Å²) >= 11 is 0. The van der Waals surface area contributed by atoms with Crippen molar-refractivity contribution in [2.45, 2.75) is 44.7 Å². The van der Waals surface area contributed by atoms with Crippen LogP contribution in [0.3, 0.4) is 0 Å². The average Bonchev–Trinajstić information content (AvgIpc) is 2.62. The Hall–Kier alpha value is -1.15. The summed E-state index contributed by atoms with van der Waals surface area (Å²) in [6, 6.07) is -0.538. The molecule has 0 radical (unpaired) electrons. The van der Waals surface area contributed by atoms with Gasteiger partial charge in [-0.3, -0.25) is 9.59 Å². The van der Waals surface area contributed by atoms with E-state index in [1.807, 2.05) is 0 Å². The molecule has 0 aromatic rings. The molecule has 1 atom stereocenters. The number of nitrogens with zero attached hydrogens (tertiary/aromatic N) is 1. The molecule has 0 aromatic heterocycles. The van der Waals surface area contributed by atoms with Crippen molar-refractivity contribution in [2.24, 2.45) is 5.73 Å². The Morgan fingerprint density at radius 2 is 2.00 bits per heavy atom. The van der Waals surface area contributed by atoms with Crippen LogP contribution in [0.15, 0.2) is 0 Å². The van der Waals surface area contributed by atoms with Gasteiger partial charge in [0.2, 0.25) is 5.91 Å². The molecule has 0 aromatic carbocycles. The lowest BCUT2D eigenvalue weighted by atomic mass is 9.99. The lowest BCUT2D eigenvalue weighted by molar-refractivity contribution is -0.146. The summed E-state index contributed by atoms with van der Waals surface area (Å²) < 4.78 is 22.9. The van der Waals surface area contributed by atoms with Crippen LogP contribution in [-0.2, 0) is 19.4 Å². The van der Waals surface area contributed by atoms with E-state index in [-0.39, 0.29) is 23.8 Å². The largest absolute Gasteiger partial charge is 0.480 e. The number of carbonyl (C=O) groups excluding carboxylic acids is 1. The van der Waals surface area contributed by atoms with E-state index < -0.39 is 33.9 Å². The van der Waals surface area contributed by atoms with Crippen LogP contribution in [0, 0.1) is 0 Å². The molecule has 116 valence electrons. The van der Waals surface area contributed by atoms with Gasteiger partial charge in [0.1, 0.15) is 6.54 Å². The third kappa shape index (κ3) is 5.46. The number of nitrogens with two attached hydrogens (primary N) is 1. The normalized spacial score (nSPS) is 21.6. The number of hydrogen-bond acceptors (Lipinski definition) is 5. The smallest absolute Gasteiger partial charge is 0.323 e. The molecule has 1 heterocycles. The van der Waals surface area contributed by atoms with E-state index in [0.29, 0.717) is 12.8 Å². The molecule has 0 aliphatic carbocycles. The van der Waals surface area contributed by atoms with Crippen molar-refractivity contribution in [3.63, 3.8) is 0 Å². The highest BCUT2D eigenvalue weighted by molar-refractivity contribution is 7.91. The molecule has 0 saturated carbocycles. The van der Waals surface area contributed by atoms with Crippen molar-refractivity contribution in [2.75, 3.05) is 18.1 Å². The highest BCUT2D eigenvalue weighted by atomic mass is 32.2. The first kappa shape index (κ1) is 16.9. The molecular weight excluding hydrogens is 284 g/mol. The fourth-order valence-electron chi connectivity index (χ4n) is 2.16. The maximum absolute atomic E-state index is 12.1. The van der Waals surface area contributed by atoms with Gasteiger partial charge < -0.3 is 15.7 Å². The summed E-state index contributed by atoms with van der Waals surface area (Å²) in [5.41, 5.74) is 5.28. The predicted octanol–water partition coefficient (Wildman–Crippen LogP) is -0.396. The summed E-state index contributed by atoms with van der Waals surface area (Å²) in [5, 5.41) is 8.88. The molecule has 0 spiro atoms. The van der Waals surface area contributed by atoms with Crippen molar-refractivity contribution in [1.29, 1.82) is 0 Å². The Bertz CT molecular complexity index is 481. The van der Waals surface area contributed by atoms with Gasteiger partial charge in [-0.2, -0.15) is 0 Å². The SMILES string of the molecule is CC(C)(N)CCC(=O)N(CC(=O)O)C1CCS(=O)(=O)C1. The quantitative estimate of drug-likeness (QED) is 0.689. The second kappa shape index (κ2) is 6.09. The molecule has 20 heavy (non-hydrogen) atoms. The minimum atomic E-state index is -3.16. The third-order valence-electron chi connectivity index (χ3n) is 3.26. The van der Waals surface area contributed by atoms with Crippen LogP contribution in [0.2, 0.25) is 0 Å². The van der Waals surface area contributed by atoms with Crippen LogP contribution in [0.5, 0.6) is 0 Å². The zero-order valence-electron chi connectivity index (χ0n) is 11.8. The van der Waals surface area contributed by atoms with Crippen molar-refractivity contribution in [3.05, 3.63) is 0 Å². The zero-order chi connectivity index (χ0) is 15.6. The van der Waals surface area contributed by atoms with Crippen LogP contribution < -0.4 is 5.73 Å². The number of sulfone groups is 1. The average molecular weight is 306 g/mol. The molecule has 1 unspecified atom stereocenters. The molecule has 1 saturated heterocycles. The minimum absolute atomic E-state index is 0.00342. The first-order chi connectivity index (χ1) is 9.00. The van der Waals surface area contributed by atoms with Crippen LogP contribution in [0.25, 0.3) is 0 Å². The van der Waals surface area contributed by atoms with Crippen LogP contribution in [0.1, 0.15) is 33.1 Å². The lowest BCUT2D eigenvalue weighted by Gasteiger charge is -2.28. The standard InChI is InChI=1S/C12H22N2O5S/c1-12(2,13)5-3-10(15)14(7-11(16)17)9-4-6-20(18,19)8-9/h9H,3-8,13H2,1-2H3,(H,16,17). The summed E-state index contributed by atoms with van der Waals surface area (Å²) in [5.74, 6) is -1.65. The number of carboxylic acids is 1. The van der Waals surface area contributed by atoms with Crippen molar-refractivity contribution >= 4 is 21.7 Å². The van der Waals surface area contributed by atoms with Crippen molar-refractivity contribution in [1.82, 2.24) is 4.90 Å². The monoisotopic (exact) mass is 306 g/mol. The van der Waals surface area contributed by atoms with Gasteiger partial charge in [0.15, 0.2) is 9.84 Å².